The molecule has 4 aromatic carbocycles. The van der Waals surface area contributed by atoms with Crippen molar-refractivity contribution in [1.29, 1.82) is 0 Å². The highest BCUT2D eigenvalue weighted by Gasteiger charge is 2.26. The Hall–Kier alpha value is -5.06. The first-order valence-electron chi connectivity index (χ1n) is 17.5. The van der Waals surface area contributed by atoms with Gasteiger partial charge < -0.3 is 48.5 Å². The van der Waals surface area contributed by atoms with Crippen LogP contribution in [0.15, 0.2) is 48.5 Å². The first kappa shape index (κ1) is 36.7. The van der Waals surface area contributed by atoms with E-state index in [4.69, 9.17) is 37.9 Å². The molecule has 52 heavy (non-hydrogen) atoms. The summed E-state index contributed by atoms with van der Waals surface area (Å²) in [5, 5.41) is 7.48. The number of hydrogen-bond acceptors (Lipinski definition) is 10. The highest BCUT2D eigenvalue weighted by molar-refractivity contribution is 5.76. The second kappa shape index (κ2) is 16.5. The molecule has 6 rings (SSSR count). The summed E-state index contributed by atoms with van der Waals surface area (Å²) in [6, 6.07) is 16.7. The number of ether oxygens (including phenoxy) is 8. The lowest BCUT2D eigenvalue weighted by Gasteiger charge is -2.29. The van der Waals surface area contributed by atoms with E-state index in [2.05, 4.69) is 59.2 Å². The minimum absolute atomic E-state index is 0.0542. The molecule has 2 heterocycles. The highest BCUT2D eigenvalue weighted by atomic mass is 16.5. The zero-order valence-electron chi connectivity index (χ0n) is 31.4. The molecule has 2 atom stereocenters. The van der Waals surface area contributed by atoms with Gasteiger partial charge in [0, 0.05) is 12.1 Å². The maximum absolute atomic E-state index is 5.78. The summed E-state index contributed by atoms with van der Waals surface area (Å²) < 4.78 is 45.7. The SMILES string of the molecule is COc1cc(/C=C/c2cc(OC)c(OC)cc2CC2NCCc3cc(OC)c(OC)cc32)c(CC2NCCc3cc(OC)c(OC)cc32)cc1OC. The molecule has 0 saturated carbocycles. The molecule has 2 N–H and O–H groups in total. The minimum atomic E-state index is 0.0542. The first-order valence-corrected chi connectivity index (χ1v) is 17.5. The van der Waals surface area contributed by atoms with Gasteiger partial charge in [-0.3, -0.25) is 0 Å². The minimum Gasteiger partial charge on any atom is -0.493 e. The number of benzene rings is 4. The van der Waals surface area contributed by atoms with E-state index in [0.29, 0.717) is 23.0 Å². The van der Waals surface area contributed by atoms with Gasteiger partial charge >= 0.3 is 0 Å². The third-order valence-electron chi connectivity index (χ3n) is 10.2. The normalized spacial score (nSPS) is 16.5. The molecule has 0 radical (unpaired) electrons. The number of hydrogen-bond donors (Lipinski definition) is 2. The van der Waals surface area contributed by atoms with E-state index in [9.17, 15) is 0 Å². The lowest BCUT2D eigenvalue weighted by molar-refractivity contribution is 0.351. The Kier molecular flexibility index (Phi) is 11.7. The molecule has 10 nitrogen and oxygen atoms in total. The fourth-order valence-electron chi connectivity index (χ4n) is 7.46. The van der Waals surface area contributed by atoms with Crippen LogP contribution >= 0.6 is 0 Å². The van der Waals surface area contributed by atoms with Gasteiger partial charge in [0.25, 0.3) is 0 Å². The van der Waals surface area contributed by atoms with Gasteiger partial charge in [0.15, 0.2) is 46.0 Å². The van der Waals surface area contributed by atoms with Gasteiger partial charge in [-0.05, 0) is 132 Å². The van der Waals surface area contributed by atoms with Crippen LogP contribution in [0, 0.1) is 0 Å². The summed E-state index contributed by atoms with van der Waals surface area (Å²) in [6.07, 6.45) is 7.55. The average molecular weight is 711 g/mol. The largest absolute Gasteiger partial charge is 0.493 e. The first-order chi connectivity index (χ1) is 25.4. The standard InChI is InChI=1S/C42H50N2O8/c1-45-35-17-25(29(21-39(35)49-5)15-33-31-23-41(51-7)37(47-3)19-27(31)11-13-43-33)9-10-26-18-36(46-2)40(50-6)22-30(26)16-34-32-24-42(52-8)38(48-4)20-28(32)12-14-44-34/h9-10,17-24,33-34,43-44H,11-16H2,1-8H3/b10-9+. The summed E-state index contributed by atoms with van der Waals surface area (Å²) in [5.74, 6) is 5.61. The zero-order valence-corrected chi connectivity index (χ0v) is 31.4. The van der Waals surface area contributed by atoms with Crippen LogP contribution in [-0.4, -0.2) is 70.0 Å². The van der Waals surface area contributed by atoms with Gasteiger partial charge in [0.2, 0.25) is 0 Å². The fraction of sp³-hybridized carbons (Fsp3) is 0.381. The Morgan fingerprint density at radius 3 is 1.10 bits per heavy atom. The van der Waals surface area contributed by atoms with E-state index >= 15 is 0 Å². The molecular formula is C42H50N2O8. The van der Waals surface area contributed by atoms with Gasteiger partial charge in [0.05, 0.1) is 56.9 Å². The number of rotatable bonds is 14. The Bertz CT molecular complexity index is 1790. The second-order valence-electron chi connectivity index (χ2n) is 12.9. The molecule has 4 aromatic rings. The Morgan fingerprint density at radius 2 is 0.750 bits per heavy atom. The third-order valence-corrected chi connectivity index (χ3v) is 10.2. The lowest BCUT2D eigenvalue weighted by atomic mass is 9.87. The van der Waals surface area contributed by atoms with Crippen LogP contribution in [-0.2, 0) is 25.7 Å². The van der Waals surface area contributed by atoms with Crippen LogP contribution in [0.4, 0.5) is 0 Å². The van der Waals surface area contributed by atoms with E-state index < -0.39 is 0 Å². The summed E-state index contributed by atoms with van der Waals surface area (Å²) >= 11 is 0. The number of nitrogens with one attached hydrogen (secondary N) is 2. The van der Waals surface area contributed by atoms with Gasteiger partial charge in [-0.25, -0.2) is 0 Å². The molecule has 2 aliphatic rings. The van der Waals surface area contributed by atoms with Gasteiger partial charge in [0.1, 0.15) is 0 Å². The van der Waals surface area contributed by atoms with Crippen molar-refractivity contribution in [3.63, 3.8) is 0 Å². The summed E-state index contributed by atoms with van der Waals surface area (Å²) in [7, 11) is 13.4. The molecule has 0 aliphatic carbocycles. The maximum Gasteiger partial charge on any atom is 0.161 e. The molecular weight excluding hydrogens is 660 g/mol. The molecule has 0 bridgehead atoms. The molecule has 0 fully saturated rings. The van der Waals surface area contributed by atoms with Crippen LogP contribution in [0.1, 0.15) is 56.6 Å². The molecule has 276 valence electrons. The zero-order chi connectivity index (χ0) is 36.8. The van der Waals surface area contributed by atoms with Crippen molar-refractivity contribution >= 4 is 12.2 Å². The quantitative estimate of drug-likeness (QED) is 0.136. The predicted molar refractivity (Wildman–Crippen MR) is 203 cm³/mol. The van der Waals surface area contributed by atoms with Crippen molar-refractivity contribution in [1.82, 2.24) is 10.6 Å². The second-order valence-corrected chi connectivity index (χ2v) is 12.9. The van der Waals surface area contributed by atoms with Crippen molar-refractivity contribution in [2.24, 2.45) is 0 Å². The van der Waals surface area contributed by atoms with E-state index in [0.717, 1.165) is 84.0 Å². The Morgan fingerprint density at radius 1 is 0.442 bits per heavy atom. The molecule has 10 heteroatoms. The molecule has 0 aromatic heterocycles. The molecule has 2 unspecified atom stereocenters. The van der Waals surface area contributed by atoms with Crippen LogP contribution < -0.4 is 48.5 Å². The lowest BCUT2D eigenvalue weighted by Crippen LogP contribution is -2.31. The Balaban J connectivity index is 1.40. The fourth-order valence-corrected chi connectivity index (χ4v) is 7.46. The summed E-state index contributed by atoms with van der Waals surface area (Å²) in [6.45, 7) is 1.72. The van der Waals surface area contributed by atoms with E-state index in [-0.39, 0.29) is 12.1 Å². The number of methoxy groups -OCH3 is 8. The van der Waals surface area contributed by atoms with E-state index in [1.807, 2.05) is 12.1 Å². The topological polar surface area (TPSA) is 97.9 Å². The van der Waals surface area contributed by atoms with E-state index in [1.165, 1.54) is 22.3 Å². The van der Waals surface area contributed by atoms with Gasteiger partial charge in [-0.1, -0.05) is 12.2 Å². The van der Waals surface area contributed by atoms with Crippen molar-refractivity contribution in [2.75, 3.05) is 70.0 Å². The molecule has 2 aliphatic heterocycles. The van der Waals surface area contributed by atoms with Crippen molar-refractivity contribution in [2.45, 2.75) is 37.8 Å². The summed E-state index contributed by atoms with van der Waals surface area (Å²) in [4.78, 5) is 0. The molecule has 0 spiro atoms. The van der Waals surface area contributed by atoms with Crippen LogP contribution in [0.3, 0.4) is 0 Å². The number of fused-ring (bicyclic) bond motifs is 2. The maximum atomic E-state index is 5.78. The van der Waals surface area contributed by atoms with E-state index in [1.54, 1.807) is 56.9 Å². The van der Waals surface area contributed by atoms with Crippen molar-refractivity contribution in [3.8, 4) is 46.0 Å². The van der Waals surface area contributed by atoms with Crippen LogP contribution in [0.2, 0.25) is 0 Å². The van der Waals surface area contributed by atoms with Crippen molar-refractivity contribution < 1.29 is 37.9 Å². The van der Waals surface area contributed by atoms with Crippen LogP contribution in [0.25, 0.3) is 12.2 Å². The van der Waals surface area contributed by atoms with Crippen molar-refractivity contribution in [3.05, 3.63) is 93.0 Å². The third kappa shape index (κ3) is 7.45. The van der Waals surface area contributed by atoms with Gasteiger partial charge in [-0.15, -0.1) is 0 Å². The average Bonchev–Trinajstić information content (AvgIpc) is 3.19. The monoisotopic (exact) mass is 710 g/mol. The molecule has 0 amide bonds. The van der Waals surface area contributed by atoms with Gasteiger partial charge in [-0.2, -0.15) is 0 Å². The molecule has 0 saturated heterocycles. The predicted octanol–water partition coefficient (Wildman–Crippen LogP) is 6.78. The summed E-state index contributed by atoms with van der Waals surface area (Å²) in [5.41, 5.74) is 9.16. The van der Waals surface area contributed by atoms with Crippen LogP contribution in [0.5, 0.6) is 46.0 Å². The smallest absolute Gasteiger partial charge is 0.161 e. The highest BCUT2D eigenvalue weighted by Crippen LogP contribution is 2.41. The Labute approximate surface area is 306 Å².